The molecule has 2 aromatic heterocycles. The molecule has 0 radical (unpaired) electrons. The lowest BCUT2D eigenvalue weighted by atomic mass is 10.0. The van der Waals surface area contributed by atoms with Gasteiger partial charge in [-0.2, -0.15) is 0 Å². The van der Waals surface area contributed by atoms with Crippen LogP contribution >= 0.6 is 0 Å². The maximum atomic E-state index is 5.47. The van der Waals surface area contributed by atoms with Gasteiger partial charge in [0.1, 0.15) is 0 Å². The SMILES string of the molecule is CC(C)C(CN(C)C)Nc1nc(NN)cn2ccnc12. The molecule has 0 aliphatic heterocycles. The number of nitrogen functional groups attached to an aromatic ring is 1. The minimum absolute atomic E-state index is 0.283. The molecule has 0 aliphatic carbocycles. The van der Waals surface area contributed by atoms with Gasteiger partial charge >= 0.3 is 0 Å². The number of nitrogens with zero attached hydrogens (tertiary/aromatic N) is 4. The summed E-state index contributed by atoms with van der Waals surface area (Å²) in [6.45, 7) is 5.30. The zero-order chi connectivity index (χ0) is 14.7. The number of hydrogen-bond acceptors (Lipinski definition) is 6. The number of imidazole rings is 1. The number of hydrogen-bond donors (Lipinski definition) is 3. The van der Waals surface area contributed by atoms with Crippen LogP contribution in [0.1, 0.15) is 13.8 Å². The fraction of sp³-hybridized carbons (Fsp3) is 0.538. The normalized spacial score (nSPS) is 13.2. The first kappa shape index (κ1) is 14.5. The highest BCUT2D eigenvalue weighted by molar-refractivity contribution is 5.65. The van der Waals surface area contributed by atoms with Crippen LogP contribution in [0.25, 0.3) is 5.65 Å². The highest BCUT2D eigenvalue weighted by Crippen LogP contribution is 2.18. The molecule has 1 atom stereocenters. The van der Waals surface area contributed by atoms with Crippen LogP contribution in [0.5, 0.6) is 0 Å². The van der Waals surface area contributed by atoms with Gasteiger partial charge in [-0.25, -0.2) is 15.8 Å². The first-order chi connectivity index (χ1) is 9.51. The Hall–Kier alpha value is -1.86. The number of nitrogens with one attached hydrogen (secondary N) is 2. The Morgan fingerprint density at radius 3 is 2.75 bits per heavy atom. The Morgan fingerprint density at radius 1 is 1.40 bits per heavy atom. The molecule has 20 heavy (non-hydrogen) atoms. The highest BCUT2D eigenvalue weighted by Gasteiger charge is 2.17. The van der Waals surface area contributed by atoms with E-state index in [1.807, 2.05) is 16.8 Å². The number of anilines is 2. The Kier molecular flexibility index (Phi) is 4.41. The number of likely N-dealkylation sites (N-methyl/N-ethyl adjacent to an activating group) is 1. The number of aromatic nitrogens is 3. The minimum atomic E-state index is 0.283. The molecule has 2 heterocycles. The van der Waals surface area contributed by atoms with Gasteiger partial charge in [0.15, 0.2) is 17.3 Å². The van der Waals surface area contributed by atoms with Crippen LogP contribution in [0.3, 0.4) is 0 Å². The molecule has 7 nitrogen and oxygen atoms in total. The first-order valence-electron chi connectivity index (χ1n) is 6.73. The van der Waals surface area contributed by atoms with E-state index in [2.05, 4.69) is 53.6 Å². The van der Waals surface area contributed by atoms with Gasteiger partial charge in [-0.15, -0.1) is 0 Å². The summed E-state index contributed by atoms with van der Waals surface area (Å²) in [6.07, 6.45) is 5.43. The molecule has 110 valence electrons. The maximum absolute atomic E-state index is 5.47. The topological polar surface area (TPSA) is 83.5 Å². The van der Waals surface area contributed by atoms with Gasteiger partial charge in [-0.1, -0.05) is 13.8 Å². The maximum Gasteiger partial charge on any atom is 0.180 e. The largest absolute Gasteiger partial charge is 0.363 e. The van der Waals surface area contributed by atoms with Crippen molar-refractivity contribution in [3.63, 3.8) is 0 Å². The zero-order valence-corrected chi connectivity index (χ0v) is 12.5. The van der Waals surface area contributed by atoms with Gasteiger partial charge in [-0.05, 0) is 20.0 Å². The van der Waals surface area contributed by atoms with E-state index in [9.17, 15) is 0 Å². The summed E-state index contributed by atoms with van der Waals surface area (Å²) < 4.78 is 1.90. The summed E-state index contributed by atoms with van der Waals surface area (Å²) in [5.74, 6) is 7.29. The van der Waals surface area contributed by atoms with E-state index in [0.29, 0.717) is 11.7 Å². The molecule has 2 aromatic rings. The number of rotatable bonds is 6. The van der Waals surface area contributed by atoms with Gasteiger partial charge < -0.3 is 20.0 Å². The van der Waals surface area contributed by atoms with Crippen molar-refractivity contribution in [1.82, 2.24) is 19.3 Å². The fourth-order valence-corrected chi connectivity index (χ4v) is 2.09. The van der Waals surface area contributed by atoms with Crippen molar-refractivity contribution in [1.29, 1.82) is 0 Å². The lowest BCUT2D eigenvalue weighted by Crippen LogP contribution is -2.37. The van der Waals surface area contributed by atoms with Crippen LogP contribution in [0, 0.1) is 5.92 Å². The van der Waals surface area contributed by atoms with Crippen LogP contribution in [-0.2, 0) is 0 Å². The van der Waals surface area contributed by atoms with E-state index in [-0.39, 0.29) is 6.04 Å². The van der Waals surface area contributed by atoms with E-state index >= 15 is 0 Å². The minimum Gasteiger partial charge on any atom is -0.363 e. The molecular formula is C13H23N7. The van der Waals surface area contributed by atoms with Gasteiger partial charge in [0, 0.05) is 25.0 Å². The molecule has 0 fully saturated rings. The van der Waals surface area contributed by atoms with Gasteiger partial charge in [-0.3, -0.25) is 0 Å². The number of hydrazine groups is 1. The van der Waals surface area contributed by atoms with Crippen molar-refractivity contribution in [3.8, 4) is 0 Å². The van der Waals surface area contributed by atoms with E-state index in [0.717, 1.165) is 18.0 Å². The van der Waals surface area contributed by atoms with E-state index in [4.69, 9.17) is 5.84 Å². The molecule has 0 spiro atoms. The fourth-order valence-electron chi connectivity index (χ4n) is 2.09. The van der Waals surface area contributed by atoms with Gasteiger partial charge in [0.05, 0.1) is 6.20 Å². The Bertz CT molecular complexity index is 561. The van der Waals surface area contributed by atoms with Gasteiger partial charge in [0.2, 0.25) is 0 Å². The van der Waals surface area contributed by atoms with Crippen LogP contribution in [0.15, 0.2) is 18.6 Å². The molecule has 0 saturated heterocycles. The van der Waals surface area contributed by atoms with Crippen molar-refractivity contribution < 1.29 is 0 Å². The van der Waals surface area contributed by atoms with Crippen molar-refractivity contribution >= 4 is 17.3 Å². The molecule has 7 heteroatoms. The third-order valence-electron chi connectivity index (χ3n) is 3.21. The van der Waals surface area contributed by atoms with Crippen molar-refractivity contribution in [3.05, 3.63) is 18.6 Å². The van der Waals surface area contributed by atoms with Crippen LogP contribution in [-0.4, -0.2) is 46.0 Å². The summed E-state index contributed by atoms with van der Waals surface area (Å²) in [5.41, 5.74) is 3.38. The summed E-state index contributed by atoms with van der Waals surface area (Å²) >= 11 is 0. The van der Waals surface area contributed by atoms with E-state index in [1.165, 1.54) is 0 Å². The Balaban J connectivity index is 2.32. The number of fused-ring (bicyclic) bond motifs is 1. The summed E-state index contributed by atoms with van der Waals surface area (Å²) in [4.78, 5) is 11.0. The first-order valence-corrected chi connectivity index (χ1v) is 6.73. The molecule has 0 amide bonds. The third-order valence-corrected chi connectivity index (χ3v) is 3.21. The van der Waals surface area contributed by atoms with E-state index in [1.54, 1.807) is 6.20 Å². The molecule has 2 rings (SSSR count). The van der Waals surface area contributed by atoms with Crippen molar-refractivity contribution in [2.75, 3.05) is 31.4 Å². The summed E-state index contributed by atoms with van der Waals surface area (Å²) in [5, 5.41) is 3.48. The molecule has 0 aliphatic rings. The van der Waals surface area contributed by atoms with Crippen molar-refractivity contribution in [2.24, 2.45) is 11.8 Å². The van der Waals surface area contributed by atoms with Crippen LogP contribution in [0.2, 0.25) is 0 Å². The average Bonchev–Trinajstić information content (AvgIpc) is 2.85. The molecular weight excluding hydrogens is 254 g/mol. The monoisotopic (exact) mass is 277 g/mol. The average molecular weight is 277 g/mol. The van der Waals surface area contributed by atoms with Crippen LogP contribution in [0.4, 0.5) is 11.6 Å². The quantitative estimate of drug-likeness (QED) is 0.540. The molecule has 1 unspecified atom stereocenters. The lowest BCUT2D eigenvalue weighted by Gasteiger charge is -2.26. The standard InChI is InChI=1S/C13H23N7/c1-9(2)10(7-19(3)4)16-12-13-15-5-6-20(13)8-11(17-12)18-14/h5-6,8-10,18H,7,14H2,1-4H3,(H,16,17). The predicted molar refractivity (Wildman–Crippen MR) is 81.6 cm³/mol. The third kappa shape index (κ3) is 3.17. The second-order valence-corrected chi connectivity index (χ2v) is 5.53. The number of nitrogens with two attached hydrogens (primary N) is 1. The Morgan fingerprint density at radius 2 is 2.15 bits per heavy atom. The molecule has 0 aromatic carbocycles. The summed E-state index contributed by atoms with van der Waals surface area (Å²) in [6, 6.07) is 0.283. The van der Waals surface area contributed by atoms with Gasteiger partial charge in [0.25, 0.3) is 0 Å². The lowest BCUT2D eigenvalue weighted by molar-refractivity contribution is 0.344. The zero-order valence-electron chi connectivity index (χ0n) is 12.5. The van der Waals surface area contributed by atoms with E-state index < -0.39 is 0 Å². The predicted octanol–water partition coefficient (Wildman–Crippen LogP) is 1.01. The second kappa shape index (κ2) is 6.06. The molecule has 0 saturated carbocycles. The molecule has 4 N–H and O–H groups in total. The smallest absolute Gasteiger partial charge is 0.180 e. The second-order valence-electron chi connectivity index (χ2n) is 5.53. The highest BCUT2D eigenvalue weighted by atomic mass is 15.3. The van der Waals surface area contributed by atoms with Crippen LogP contribution < -0.4 is 16.6 Å². The molecule has 0 bridgehead atoms. The van der Waals surface area contributed by atoms with Crippen molar-refractivity contribution in [2.45, 2.75) is 19.9 Å². The summed E-state index contributed by atoms with van der Waals surface area (Å²) in [7, 11) is 4.13. The Labute approximate surface area is 119 Å².